The summed E-state index contributed by atoms with van der Waals surface area (Å²) in [5.74, 6) is 0.578. The van der Waals surface area contributed by atoms with Crippen molar-refractivity contribution in [3.8, 4) is 11.4 Å². The minimum Gasteiger partial charge on any atom is -0.351 e. The van der Waals surface area contributed by atoms with Crippen molar-refractivity contribution in [3.05, 3.63) is 66.6 Å². The van der Waals surface area contributed by atoms with Crippen LogP contribution in [-0.4, -0.2) is 67.9 Å². The fraction of sp³-hybridized carbons (Fsp3) is 0.280. The number of benzene rings is 1. The second kappa shape index (κ2) is 7.97. The highest BCUT2D eigenvalue weighted by molar-refractivity contribution is 5.99. The van der Waals surface area contributed by atoms with Crippen LogP contribution in [0.2, 0.25) is 0 Å². The molecule has 2 N–H and O–H groups in total. The summed E-state index contributed by atoms with van der Waals surface area (Å²) in [4.78, 5) is 34.2. The number of hydrogen-bond acceptors (Lipinski definition) is 6. The summed E-state index contributed by atoms with van der Waals surface area (Å²) in [5.41, 5.74) is 3.98. The zero-order chi connectivity index (χ0) is 22.4. The molecule has 0 unspecified atom stereocenters. The molecule has 2 fully saturated rings. The van der Waals surface area contributed by atoms with Gasteiger partial charge in [-0.05, 0) is 62.4 Å². The maximum atomic E-state index is 13.2. The fourth-order valence-electron chi connectivity index (χ4n) is 4.98. The summed E-state index contributed by atoms with van der Waals surface area (Å²) in [7, 11) is 2.18. The average Bonchev–Trinajstić information content (AvgIpc) is 3.34. The van der Waals surface area contributed by atoms with E-state index >= 15 is 0 Å². The smallest absolute Gasteiger partial charge is 0.270 e. The number of carbonyl (C=O) groups excluding carboxylic acids is 1. The fourth-order valence-corrected chi connectivity index (χ4v) is 4.98. The SMILES string of the molecule is CN1[C@@H]2CC[C@H]1CN(C(=O)c1cc3cc(Nc4nccc(-c5ccccn5)n4)ccc3[nH]1)C2. The molecule has 6 rings (SSSR count). The molecule has 5 heterocycles. The number of nitrogens with zero attached hydrogens (tertiary/aromatic N) is 5. The summed E-state index contributed by atoms with van der Waals surface area (Å²) in [6, 6.07) is 16.4. The summed E-state index contributed by atoms with van der Waals surface area (Å²) < 4.78 is 0. The lowest BCUT2D eigenvalue weighted by molar-refractivity contribution is 0.0519. The lowest BCUT2D eigenvalue weighted by atomic mass is 10.2. The van der Waals surface area contributed by atoms with Crippen LogP contribution in [0, 0.1) is 0 Å². The van der Waals surface area contributed by atoms with Gasteiger partial charge < -0.3 is 15.2 Å². The molecule has 3 aromatic heterocycles. The molecular weight excluding hydrogens is 414 g/mol. The van der Waals surface area contributed by atoms with Gasteiger partial charge in [0.05, 0.1) is 11.4 Å². The van der Waals surface area contributed by atoms with Gasteiger partial charge in [0, 0.05) is 54.2 Å². The quantitative estimate of drug-likeness (QED) is 0.504. The van der Waals surface area contributed by atoms with Crippen LogP contribution in [0.15, 0.2) is 60.9 Å². The number of pyridine rings is 1. The highest BCUT2D eigenvalue weighted by Gasteiger charge is 2.39. The highest BCUT2D eigenvalue weighted by atomic mass is 16.2. The largest absolute Gasteiger partial charge is 0.351 e. The number of H-pyrrole nitrogens is 1. The molecule has 8 nitrogen and oxygen atoms in total. The van der Waals surface area contributed by atoms with Gasteiger partial charge in [-0.2, -0.15) is 0 Å². The number of amides is 1. The number of anilines is 2. The molecule has 0 radical (unpaired) electrons. The Bertz CT molecular complexity index is 1300. The lowest BCUT2D eigenvalue weighted by Crippen LogP contribution is -2.53. The number of aromatic nitrogens is 4. The molecule has 8 heteroatoms. The topological polar surface area (TPSA) is 90.0 Å². The third kappa shape index (κ3) is 3.72. The van der Waals surface area contributed by atoms with Gasteiger partial charge >= 0.3 is 0 Å². The lowest BCUT2D eigenvalue weighted by Gasteiger charge is -2.38. The van der Waals surface area contributed by atoms with E-state index in [2.05, 4.69) is 37.2 Å². The molecule has 1 amide bonds. The van der Waals surface area contributed by atoms with Crippen LogP contribution in [0.3, 0.4) is 0 Å². The second-order valence-corrected chi connectivity index (χ2v) is 8.85. The van der Waals surface area contributed by atoms with Crippen molar-refractivity contribution in [1.82, 2.24) is 29.7 Å². The molecule has 2 bridgehead atoms. The number of likely N-dealkylation sites (tertiary alicyclic amines) is 1. The van der Waals surface area contributed by atoms with Crippen molar-refractivity contribution >= 4 is 28.4 Å². The van der Waals surface area contributed by atoms with Crippen molar-refractivity contribution in [3.63, 3.8) is 0 Å². The number of nitrogens with one attached hydrogen (secondary N) is 2. The molecule has 2 atom stereocenters. The molecule has 2 aliphatic rings. The standard InChI is InChI=1S/C25H25N7O/c1-31-18-6-7-19(31)15-32(14-18)24(33)23-13-16-12-17(5-8-20(16)29-23)28-25-27-11-9-22(30-25)21-4-2-3-10-26-21/h2-5,8-13,18-19,29H,6-7,14-15H2,1H3,(H,27,28,30)/t18-,19+. The van der Waals surface area contributed by atoms with Gasteiger partial charge in [-0.15, -0.1) is 0 Å². The number of likely N-dealkylation sites (N-methyl/N-ethyl adjacent to an activating group) is 1. The predicted octanol–water partition coefficient (Wildman–Crippen LogP) is 3.68. The predicted molar refractivity (Wildman–Crippen MR) is 127 cm³/mol. The maximum absolute atomic E-state index is 13.2. The minimum atomic E-state index is 0.0807. The Labute approximate surface area is 191 Å². The van der Waals surface area contributed by atoms with E-state index in [4.69, 9.17) is 0 Å². The van der Waals surface area contributed by atoms with Crippen LogP contribution >= 0.6 is 0 Å². The molecular formula is C25H25N7O. The van der Waals surface area contributed by atoms with E-state index in [-0.39, 0.29) is 5.91 Å². The molecule has 33 heavy (non-hydrogen) atoms. The van der Waals surface area contributed by atoms with Gasteiger partial charge in [-0.3, -0.25) is 14.7 Å². The molecule has 0 aliphatic carbocycles. The number of hydrogen-bond donors (Lipinski definition) is 2. The Kier molecular flexibility index (Phi) is 4.80. The van der Waals surface area contributed by atoms with Crippen molar-refractivity contribution in [2.45, 2.75) is 24.9 Å². The zero-order valence-electron chi connectivity index (χ0n) is 18.4. The monoisotopic (exact) mass is 439 g/mol. The zero-order valence-corrected chi connectivity index (χ0v) is 18.4. The third-order valence-electron chi connectivity index (χ3n) is 6.82. The van der Waals surface area contributed by atoms with Crippen LogP contribution in [-0.2, 0) is 0 Å². The summed E-state index contributed by atoms with van der Waals surface area (Å²) in [6.07, 6.45) is 5.82. The molecule has 0 spiro atoms. The summed E-state index contributed by atoms with van der Waals surface area (Å²) in [6.45, 7) is 1.61. The number of fused-ring (bicyclic) bond motifs is 3. The average molecular weight is 440 g/mol. The first-order valence-electron chi connectivity index (χ1n) is 11.3. The van der Waals surface area contributed by atoms with Gasteiger partial charge in [0.15, 0.2) is 0 Å². The second-order valence-electron chi connectivity index (χ2n) is 8.85. The van der Waals surface area contributed by atoms with Crippen LogP contribution < -0.4 is 5.32 Å². The molecule has 166 valence electrons. The van der Waals surface area contributed by atoms with Gasteiger partial charge in [0.1, 0.15) is 5.69 Å². The van der Waals surface area contributed by atoms with Gasteiger partial charge in [-0.1, -0.05) is 6.07 Å². The van der Waals surface area contributed by atoms with Gasteiger partial charge in [0.25, 0.3) is 5.91 Å². The molecule has 2 aliphatic heterocycles. The summed E-state index contributed by atoms with van der Waals surface area (Å²) in [5, 5.41) is 4.24. The Hall–Kier alpha value is -3.78. The van der Waals surface area contributed by atoms with E-state index in [9.17, 15) is 4.79 Å². The Balaban J connectivity index is 1.22. The first kappa shape index (κ1) is 19.9. The first-order valence-corrected chi connectivity index (χ1v) is 11.3. The van der Waals surface area contributed by atoms with E-state index in [1.54, 1.807) is 12.4 Å². The van der Waals surface area contributed by atoms with Crippen molar-refractivity contribution in [1.29, 1.82) is 0 Å². The van der Waals surface area contributed by atoms with Crippen LogP contribution in [0.5, 0.6) is 0 Å². The summed E-state index contributed by atoms with van der Waals surface area (Å²) >= 11 is 0. The number of aromatic amines is 1. The van der Waals surface area contributed by atoms with E-state index in [1.807, 2.05) is 53.4 Å². The van der Waals surface area contributed by atoms with Crippen molar-refractivity contribution < 1.29 is 4.79 Å². The number of carbonyl (C=O) groups is 1. The van der Waals surface area contributed by atoms with E-state index in [0.717, 1.165) is 41.1 Å². The first-order chi connectivity index (χ1) is 16.1. The van der Waals surface area contributed by atoms with Gasteiger partial charge in [-0.25, -0.2) is 9.97 Å². The maximum Gasteiger partial charge on any atom is 0.270 e. The Morgan fingerprint density at radius 1 is 1.00 bits per heavy atom. The third-order valence-corrected chi connectivity index (χ3v) is 6.82. The van der Waals surface area contributed by atoms with Gasteiger partial charge in [0.2, 0.25) is 5.95 Å². The number of rotatable bonds is 4. The normalized spacial score (nSPS) is 20.3. The highest BCUT2D eigenvalue weighted by Crippen LogP contribution is 2.30. The molecule has 2 saturated heterocycles. The van der Waals surface area contributed by atoms with Crippen molar-refractivity contribution in [2.75, 3.05) is 25.5 Å². The number of piperazine rings is 1. The molecule has 1 aromatic carbocycles. The van der Waals surface area contributed by atoms with Crippen LogP contribution in [0.1, 0.15) is 23.3 Å². The molecule has 4 aromatic rings. The van der Waals surface area contributed by atoms with E-state index in [1.165, 1.54) is 12.8 Å². The minimum absolute atomic E-state index is 0.0807. The Morgan fingerprint density at radius 2 is 1.85 bits per heavy atom. The van der Waals surface area contributed by atoms with Crippen molar-refractivity contribution in [2.24, 2.45) is 0 Å². The molecule has 0 saturated carbocycles. The van der Waals surface area contributed by atoms with E-state index in [0.29, 0.717) is 23.7 Å². The van der Waals surface area contributed by atoms with Crippen LogP contribution in [0.4, 0.5) is 11.6 Å². The Morgan fingerprint density at radius 3 is 2.64 bits per heavy atom. The van der Waals surface area contributed by atoms with Crippen LogP contribution in [0.25, 0.3) is 22.3 Å². The van der Waals surface area contributed by atoms with E-state index < -0.39 is 0 Å².